The van der Waals surface area contributed by atoms with E-state index in [-0.39, 0.29) is 23.7 Å². The summed E-state index contributed by atoms with van der Waals surface area (Å²) in [7, 11) is 0. The number of esters is 1. The van der Waals surface area contributed by atoms with Gasteiger partial charge in [0.15, 0.2) is 0 Å². The highest BCUT2D eigenvalue weighted by atomic mass is 32.2. The van der Waals surface area contributed by atoms with Gasteiger partial charge in [-0.15, -0.1) is 6.42 Å². The van der Waals surface area contributed by atoms with Gasteiger partial charge in [0.25, 0.3) is 11.1 Å². The molecule has 3 rings (SSSR count). The summed E-state index contributed by atoms with van der Waals surface area (Å²) in [6.07, 6.45) is 6.95. The first-order valence-corrected chi connectivity index (χ1v) is 9.84. The second kappa shape index (κ2) is 8.41. The molecule has 2 aromatic rings. The van der Waals surface area contributed by atoms with Gasteiger partial charge in [-0.05, 0) is 74.5 Å². The molecule has 1 aromatic carbocycles. The maximum atomic E-state index is 12.4. The molecule has 2 amide bonds. The van der Waals surface area contributed by atoms with Crippen LogP contribution in [0.4, 0.5) is 4.79 Å². The smallest absolute Gasteiger partial charge is 0.338 e. The van der Waals surface area contributed by atoms with Gasteiger partial charge in [0, 0.05) is 17.1 Å². The van der Waals surface area contributed by atoms with E-state index < -0.39 is 0 Å². The number of thioether (sulfide) groups is 1. The number of aromatic nitrogens is 1. The lowest BCUT2D eigenvalue weighted by molar-refractivity contribution is -0.122. The third kappa shape index (κ3) is 3.98. The molecule has 6 nitrogen and oxygen atoms in total. The number of nitrogens with zero attached hydrogens (tertiary/aromatic N) is 2. The molecule has 0 radical (unpaired) electrons. The topological polar surface area (TPSA) is 68.6 Å². The summed E-state index contributed by atoms with van der Waals surface area (Å²) in [6.45, 7) is 5.94. The first kappa shape index (κ1) is 20.5. The molecule has 0 unspecified atom stereocenters. The van der Waals surface area contributed by atoms with Crippen LogP contribution in [0.25, 0.3) is 11.8 Å². The van der Waals surface area contributed by atoms with Crippen molar-refractivity contribution in [3.63, 3.8) is 0 Å². The predicted molar refractivity (Wildman–Crippen MR) is 113 cm³/mol. The van der Waals surface area contributed by atoms with Crippen molar-refractivity contribution in [2.75, 3.05) is 13.2 Å². The summed E-state index contributed by atoms with van der Waals surface area (Å²) < 4.78 is 7.03. The van der Waals surface area contributed by atoms with Crippen molar-refractivity contribution in [3.05, 3.63) is 57.8 Å². The molecular weight excluding hydrogens is 388 g/mol. The van der Waals surface area contributed by atoms with Crippen LogP contribution in [0, 0.1) is 26.2 Å². The highest BCUT2D eigenvalue weighted by molar-refractivity contribution is 8.18. The van der Waals surface area contributed by atoms with E-state index in [0.717, 1.165) is 39.3 Å². The van der Waals surface area contributed by atoms with E-state index >= 15 is 0 Å². The van der Waals surface area contributed by atoms with Crippen LogP contribution >= 0.6 is 11.8 Å². The van der Waals surface area contributed by atoms with Gasteiger partial charge >= 0.3 is 5.97 Å². The zero-order valence-corrected chi connectivity index (χ0v) is 17.2. The number of carbonyl (C=O) groups excluding carboxylic acids is 3. The van der Waals surface area contributed by atoms with Gasteiger partial charge in [-0.25, -0.2) is 4.79 Å². The zero-order valence-electron chi connectivity index (χ0n) is 16.4. The molecule has 1 aliphatic heterocycles. The minimum absolute atomic E-state index is 0.0339. The highest BCUT2D eigenvalue weighted by Crippen LogP contribution is 2.33. The van der Waals surface area contributed by atoms with Crippen molar-refractivity contribution in [2.45, 2.75) is 20.8 Å². The average molecular weight is 408 g/mol. The molecular formula is C22H20N2O4S. The Morgan fingerprint density at radius 3 is 2.55 bits per heavy atom. The number of imide groups is 1. The lowest BCUT2D eigenvalue weighted by Crippen LogP contribution is -2.28. The molecule has 0 atom stereocenters. The Morgan fingerprint density at radius 2 is 1.93 bits per heavy atom. The SMILES string of the molecule is C#CCN1C(=O)S/C(=C/c2cc(C)n(-c3ccc(C(=O)OCC)cc3)c2C)C1=O. The minimum Gasteiger partial charge on any atom is -0.462 e. The number of hydrogen-bond acceptors (Lipinski definition) is 5. The van der Waals surface area contributed by atoms with Gasteiger partial charge in [-0.2, -0.15) is 0 Å². The van der Waals surface area contributed by atoms with Crippen molar-refractivity contribution >= 4 is 35.0 Å². The van der Waals surface area contributed by atoms with E-state index in [4.69, 9.17) is 11.2 Å². The second-order valence-corrected chi connectivity index (χ2v) is 7.39. The molecule has 2 heterocycles. The minimum atomic E-state index is -0.374. The first-order valence-electron chi connectivity index (χ1n) is 9.02. The summed E-state index contributed by atoms with van der Waals surface area (Å²) >= 11 is 0.888. The Kier molecular flexibility index (Phi) is 5.95. The van der Waals surface area contributed by atoms with Crippen molar-refractivity contribution < 1.29 is 19.1 Å². The zero-order chi connectivity index (χ0) is 21.1. The van der Waals surface area contributed by atoms with Crippen LogP contribution in [0.2, 0.25) is 0 Å². The van der Waals surface area contributed by atoms with Crippen molar-refractivity contribution in [1.29, 1.82) is 0 Å². The lowest BCUT2D eigenvalue weighted by atomic mass is 10.2. The van der Waals surface area contributed by atoms with Gasteiger partial charge in [-0.1, -0.05) is 5.92 Å². The number of carbonyl (C=O) groups is 3. The van der Waals surface area contributed by atoms with Gasteiger partial charge in [0.2, 0.25) is 0 Å². The molecule has 7 heteroatoms. The number of aryl methyl sites for hydroxylation is 1. The van der Waals surface area contributed by atoms with Crippen LogP contribution in [-0.4, -0.2) is 39.7 Å². The Balaban J connectivity index is 1.92. The Morgan fingerprint density at radius 1 is 1.24 bits per heavy atom. The van der Waals surface area contributed by atoms with Crippen molar-refractivity contribution in [3.8, 4) is 18.0 Å². The average Bonchev–Trinajstić information content (AvgIpc) is 3.12. The van der Waals surface area contributed by atoms with E-state index in [1.54, 1.807) is 25.1 Å². The number of ether oxygens (including phenoxy) is 1. The molecule has 0 spiro atoms. The summed E-state index contributed by atoms with van der Waals surface area (Å²) in [6, 6.07) is 9.07. The van der Waals surface area contributed by atoms with Gasteiger partial charge in [-0.3, -0.25) is 14.5 Å². The van der Waals surface area contributed by atoms with Crippen LogP contribution in [0.5, 0.6) is 0 Å². The molecule has 1 aromatic heterocycles. The third-order valence-corrected chi connectivity index (χ3v) is 5.42. The molecule has 0 N–H and O–H groups in total. The Hall–Kier alpha value is -3.24. The molecule has 148 valence electrons. The normalized spacial score (nSPS) is 15.1. The largest absolute Gasteiger partial charge is 0.462 e. The molecule has 1 fully saturated rings. The summed E-state index contributed by atoms with van der Waals surface area (Å²) in [5, 5.41) is -0.359. The maximum Gasteiger partial charge on any atom is 0.338 e. The summed E-state index contributed by atoms with van der Waals surface area (Å²) in [4.78, 5) is 37.6. The van der Waals surface area contributed by atoms with E-state index in [1.807, 2.05) is 36.6 Å². The standard InChI is InChI=1S/C22H20N2O4S/c1-5-11-23-20(25)19(29-22(23)27)13-17-12-14(3)24(15(17)4)18-9-7-16(8-10-18)21(26)28-6-2/h1,7-10,12-13H,6,11H2,2-4H3/b19-13+. The monoisotopic (exact) mass is 408 g/mol. The lowest BCUT2D eigenvalue weighted by Gasteiger charge is -2.10. The van der Waals surface area contributed by atoms with Crippen LogP contribution < -0.4 is 0 Å². The molecule has 1 saturated heterocycles. The number of terminal acetylenes is 1. The number of benzene rings is 1. The Bertz CT molecular complexity index is 1060. The van der Waals surface area contributed by atoms with Crippen LogP contribution in [0.1, 0.15) is 34.2 Å². The van der Waals surface area contributed by atoms with Gasteiger partial charge in [0.1, 0.15) is 0 Å². The molecule has 0 aliphatic carbocycles. The van der Waals surface area contributed by atoms with Crippen LogP contribution in [0.15, 0.2) is 35.2 Å². The fourth-order valence-electron chi connectivity index (χ4n) is 3.16. The molecule has 1 aliphatic rings. The van der Waals surface area contributed by atoms with E-state index in [2.05, 4.69) is 5.92 Å². The Labute approximate surface area is 173 Å². The third-order valence-electron chi connectivity index (χ3n) is 4.52. The first-order chi connectivity index (χ1) is 13.9. The number of rotatable bonds is 5. The quantitative estimate of drug-likeness (QED) is 0.426. The van der Waals surface area contributed by atoms with Crippen LogP contribution in [-0.2, 0) is 9.53 Å². The number of hydrogen-bond donors (Lipinski definition) is 0. The van der Waals surface area contributed by atoms with E-state index in [0.29, 0.717) is 17.1 Å². The van der Waals surface area contributed by atoms with Gasteiger partial charge in [0.05, 0.1) is 23.6 Å². The summed E-state index contributed by atoms with van der Waals surface area (Å²) in [5.74, 6) is 1.60. The highest BCUT2D eigenvalue weighted by Gasteiger charge is 2.34. The fraction of sp³-hybridized carbons (Fsp3) is 0.227. The van der Waals surface area contributed by atoms with Gasteiger partial charge < -0.3 is 9.30 Å². The maximum absolute atomic E-state index is 12.4. The number of amides is 2. The summed E-state index contributed by atoms with van der Waals surface area (Å²) in [5.41, 5.74) is 4.08. The molecule has 0 saturated carbocycles. The predicted octanol–water partition coefficient (Wildman–Crippen LogP) is 3.94. The van der Waals surface area contributed by atoms with Crippen molar-refractivity contribution in [2.24, 2.45) is 0 Å². The van der Waals surface area contributed by atoms with E-state index in [9.17, 15) is 14.4 Å². The molecule has 0 bridgehead atoms. The van der Waals surface area contributed by atoms with Crippen molar-refractivity contribution in [1.82, 2.24) is 9.47 Å². The van der Waals surface area contributed by atoms with E-state index in [1.165, 1.54) is 0 Å². The van der Waals surface area contributed by atoms with Crippen LogP contribution in [0.3, 0.4) is 0 Å². The fourth-order valence-corrected chi connectivity index (χ4v) is 3.99. The second-order valence-electron chi connectivity index (χ2n) is 6.40. The molecule has 29 heavy (non-hydrogen) atoms.